The molecule has 0 saturated carbocycles. The number of unbranched alkanes of at least 4 members (excludes halogenated alkanes) is 1. The minimum atomic E-state index is 0.654. The summed E-state index contributed by atoms with van der Waals surface area (Å²) in [6.07, 6.45) is 4.95. The molecule has 1 atom stereocenters. The van der Waals surface area contributed by atoms with Crippen molar-refractivity contribution in [2.45, 2.75) is 51.7 Å². The monoisotopic (exact) mass is 290 g/mol. The summed E-state index contributed by atoms with van der Waals surface area (Å²) in [6, 6.07) is 8.79. The van der Waals surface area contributed by atoms with E-state index in [1.54, 1.807) is 0 Å². The first-order valence-electron chi connectivity index (χ1n) is 7.74. The van der Waals surface area contributed by atoms with Gasteiger partial charge in [0.25, 0.3) is 0 Å². The van der Waals surface area contributed by atoms with Crippen molar-refractivity contribution in [2.75, 3.05) is 11.9 Å². The molecule has 1 aliphatic rings. The Balaban J connectivity index is 1.82. The lowest BCUT2D eigenvalue weighted by molar-refractivity contribution is 0.575. The van der Waals surface area contributed by atoms with Crippen LogP contribution in [0, 0.1) is 5.92 Å². The van der Waals surface area contributed by atoms with Crippen LogP contribution >= 0.6 is 11.8 Å². The van der Waals surface area contributed by atoms with Gasteiger partial charge in [-0.2, -0.15) is 0 Å². The van der Waals surface area contributed by atoms with Crippen LogP contribution in [-0.4, -0.2) is 17.0 Å². The molecule has 0 fully saturated rings. The van der Waals surface area contributed by atoms with Crippen LogP contribution in [0.5, 0.6) is 0 Å². The number of amidine groups is 1. The van der Waals surface area contributed by atoms with Crippen molar-refractivity contribution >= 4 is 22.6 Å². The van der Waals surface area contributed by atoms with Gasteiger partial charge in [0.05, 0.1) is 6.54 Å². The Morgan fingerprint density at radius 3 is 2.70 bits per heavy atom. The second-order valence-electron chi connectivity index (χ2n) is 5.94. The van der Waals surface area contributed by atoms with Gasteiger partial charge in [0.2, 0.25) is 0 Å². The van der Waals surface area contributed by atoms with Crippen LogP contribution in [-0.2, 0) is 6.42 Å². The van der Waals surface area contributed by atoms with E-state index in [0.717, 1.165) is 23.3 Å². The third kappa shape index (κ3) is 4.86. The van der Waals surface area contributed by atoms with E-state index >= 15 is 0 Å². The van der Waals surface area contributed by atoms with Gasteiger partial charge in [0, 0.05) is 10.9 Å². The molecule has 2 nitrogen and oxygen atoms in total. The van der Waals surface area contributed by atoms with Gasteiger partial charge in [-0.05, 0) is 42.9 Å². The van der Waals surface area contributed by atoms with Crippen molar-refractivity contribution in [1.82, 2.24) is 0 Å². The lowest BCUT2D eigenvalue weighted by Crippen LogP contribution is -2.09. The average Bonchev–Trinajstić information content (AvgIpc) is 2.84. The zero-order valence-corrected chi connectivity index (χ0v) is 13.7. The van der Waals surface area contributed by atoms with E-state index in [4.69, 9.17) is 0 Å². The van der Waals surface area contributed by atoms with Gasteiger partial charge in [0.15, 0.2) is 5.17 Å². The fourth-order valence-electron chi connectivity index (χ4n) is 2.39. The lowest BCUT2D eigenvalue weighted by Gasteiger charge is -2.11. The zero-order valence-electron chi connectivity index (χ0n) is 12.9. The van der Waals surface area contributed by atoms with Gasteiger partial charge in [0.1, 0.15) is 0 Å². The van der Waals surface area contributed by atoms with Gasteiger partial charge < -0.3 is 5.32 Å². The standard InChI is InChI=1S/C17H26N2S/c1-4-5-6-14-7-9-15(10-8-14)19-17-18-12-16(20-17)11-13(2)3/h7-10,13,16H,4-6,11-12H2,1-3H3,(H,18,19). The normalized spacial score (nSPS) is 18.4. The third-order valence-corrected chi connectivity index (χ3v) is 4.60. The first-order valence-corrected chi connectivity index (χ1v) is 8.62. The summed E-state index contributed by atoms with van der Waals surface area (Å²) in [6.45, 7) is 7.75. The molecule has 0 amide bonds. The number of rotatable bonds is 6. The van der Waals surface area contributed by atoms with Crippen LogP contribution in [0.15, 0.2) is 29.3 Å². The van der Waals surface area contributed by atoms with E-state index in [-0.39, 0.29) is 0 Å². The lowest BCUT2D eigenvalue weighted by atomic mass is 10.1. The molecule has 1 aromatic carbocycles. The highest BCUT2D eigenvalue weighted by Crippen LogP contribution is 2.27. The highest BCUT2D eigenvalue weighted by atomic mass is 32.2. The molecule has 0 spiro atoms. The molecule has 1 N–H and O–H groups in total. The first kappa shape index (κ1) is 15.4. The Kier molecular flexibility index (Phi) is 5.96. The summed E-state index contributed by atoms with van der Waals surface area (Å²) in [5.74, 6) is 0.750. The molecular weight excluding hydrogens is 264 g/mol. The number of benzene rings is 1. The Hall–Kier alpha value is -0.960. The molecular formula is C17H26N2S. The van der Waals surface area contributed by atoms with Gasteiger partial charge in [-0.3, -0.25) is 4.99 Å². The average molecular weight is 290 g/mol. The van der Waals surface area contributed by atoms with E-state index in [1.807, 2.05) is 11.8 Å². The van der Waals surface area contributed by atoms with Gasteiger partial charge in [-0.1, -0.05) is 51.1 Å². The molecule has 1 heterocycles. The minimum absolute atomic E-state index is 0.654. The number of nitrogens with one attached hydrogen (secondary N) is 1. The van der Waals surface area contributed by atoms with Crippen LogP contribution in [0.4, 0.5) is 5.69 Å². The van der Waals surface area contributed by atoms with Gasteiger partial charge >= 0.3 is 0 Å². The molecule has 20 heavy (non-hydrogen) atoms. The Morgan fingerprint density at radius 2 is 2.05 bits per heavy atom. The Bertz CT molecular complexity index is 437. The van der Waals surface area contributed by atoms with Gasteiger partial charge in [-0.15, -0.1) is 0 Å². The predicted octanol–water partition coefficient (Wildman–Crippen LogP) is 4.96. The van der Waals surface area contributed by atoms with Crippen molar-refractivity contribution in [2.24, 2.45) is 10.9 Å². The fourth-order valence-corrected chi connectivity index (χ4v) is 3.67. The van der Waals surface area contributed by atoms with E-state index in [9.17, 15) is 0 Å². The molecule has 1 aromatic rings. The summed E-state index contributed by atoms with van der Waals surface area (Å²) >= 11 is 1.89. The van der Waals surface area contributed by atoms with Crippen LogP contribution in [0.3, 0.4) is 0 Å². The second kappa shape index (κ2) is 7.72. The second-order valence-corrected chi connectivity index (χ2v) is 7.23. The molecule has 0 bridgehead atoms. The molecule has 1 unspecified atom stereocenters. The van der Waals surface area contributed by atoms with Crippen molar-refractivity contribution in [3.8, 4) is 0 Å². The van der Waals surface area contributed by atoms with E-state index in [1.165, 1.54) is 31.2 Å². The Labute approximate surface area is 127 Å². The SMILES string of the molecule is CCCCc1ccc(NC2=NCC(CC(C)C)S2)cc1. The number of nitrogens with zero attached hydrogens (tertiary/aromatic N) is 1. The summed E-state index contributed by atoms with van der Waals surface area (Å²) in [7, 11) is 0. The summed E-state index contributed by atoms with van der Waals surface area (Å²) < 4.78 is 0. The topological polar surface area (TPSA) is 24.4 Å². The largest absolute Gasteiger partial charge is 0.335 e. The van der Waals surface area contributed by atoms with E-state index < -0.39 is 0 Å². The molecule has 0 aliphatic carbocycles. The minimum Gasteiger partial charge on any atom is -0.335 e. The molecule has 0 saturated heterocycles. The zero-order chi connectivity index (χ0) is 14.4. The van der Waals surface area contributed by atoms with Crippen LogP contribution in [0.25, 0.3) is 0 Å². The molecule has 2 rings (SSSR count). The number of thioether (sulfide) groups is 1. The fraction of sp³-hybridized carbons (Fsp3) is 0.588. The maximum Gasteiger partial charge on any atom is 0.161 e. The van der Waals surface area contributed by atoms with Crippen LogP contribution < -0.4 is 5.32 Å². The number of hydrogen-bond acceptors (Lipinski definition) is 3. The smallest absolute Gasteiger partial charge is 0.161 e. The van der Waals surface area contributed by atoms with Crippen molar-refractivity contribution in [1.29, 1.82) is 0 Å². The summed E-state index contributed by atoms with van der Waals surface area (Å²) in [5, 5.41) is 5.17. The van der Waals surface area contributed by atoms with E-state index in [2.05, 4.69) is 55.3 Å². The highest BCUT2D eigenvalue weighted by molar-refractivity contribution is 8.15. The number of hydrogen-bond donors (Lipinski definition) is 1. The number of aliphatic imine (C=N–C) groups is 1. The summed E-state index contributed by atoms with van der Waals surface area (Å²) in [4.78, 5) is 4.61. The highest BCUT2D eigenvalue weighted by Gasteiger charge is 2.20. The maximum absolute atomic E-state index is 4.61. The molecule has 3 heteroatoms. The predicted molar refractivity (Wildman–Crippen MR) is 91.8 cm³/mol. The first-order chi connectivity index (χ1) is 9.67. The molecule has 0 aromatic heterocycles. The van der Waals surface area contributed by atoms with Crippen molar-refractivity contribution < 1.29 is 0 Å². The third-order valence-electron chi connectivity index (χ3n) is 3.48. The van der Waals surface area contributed by atoms with Crippen LogP contribution in [0.2, 0.25) is 0 Å². The number of anilines is 1. The van der Waals surface area contributed by atoms with Gasteiger partial charge in [-0.25, -0.2) is 0 Å². The summed E-state index contributed by atoms with van der Waals surface area (Å²) in [5.41, 5.74) is 2.58. The maximum atomic E-state index is 4.61. The number of aryl methyl sites for hydroxylation is 1. The van der Waals surface area contributed by atoms with Crippen molar-refractivity contribution in [3.63, 3.8) is 0 Å². The van der Waals surface area contributed by atoms with E-state index in [0.29, 0.717) is 5.25 Å². The Morgan fingerprint density at radius 1 is 1.30 bits per heavy atom. The molecule has 110 valence electrons. The van der Waals surface area contributed by atoms with Crippen molar-refractivity contribution in [3.05, 3.63) is 29.8 Å². The quantitative estimate of drug-likeness (QED) is 0.801. The van der Waals surface area contributed by atoms with Crippen LogP contribution in [0.1, 0.15) is 45.6 Å². The molecule has 1 aliphatic heterocycles. The molecule has 0 radical (unpaired) electrons.